The molecule has 1 amide bonds. The maximum atomic E-state index is 12.9. The van der Waals surface area contributed by atoms with Crippen LogP contribution < -0.4 is 5.56 Å². The highest BCUT2D eigenvalue weighted by Crippen LogP contribution is 2.32. The summed E-state index contributed by atoms with van der Waals surface area (Å²) in [5.74, 6) is 1.22. The largest absolute Gasteiger partial charge is 0.342 e. The fourth-order valence-corrected chi connectivity index (χ4v) is 4.90. The van der Waals surface area contributed by atoms with Crippen LogP contribution in [0, 0.1) is 11.8 Å². The van der Waals surface area contributed by atoms with Gasteiger partial charge in [-0.05, 0) is 34.9 Å². The molecule has 0 unspecified atom stereocenters. The fraction of sp³-hybridized carbons (Fsp3) is 0.333. The Morgan fingerprint density at radius 3 is 2.38 bits per heavy atom. The Bertz CT molecular complexity index is 1080. The SMILES string of the molecule is O=C(Cc1cc2ccccc2c(=O)[nH]1)N1C[C@H]2CN(Cc3ccccc3)C[C@H]2C1. The van der Waals surface area contributed by atoms with Gasteiger partial charge in [0, 0.05) is 43.8 Å². The number of aromatic amines is 1. The van der Waals surface area contributed by atoms with Gasteiger partial charge in [0.25, 0.3) is 5.56 Å². The average Bonchev–Trinajstić information content (AvgIpc) is 3.27. The normalized spacial score (nSPS) is 21.6. The van der Waals surface area contributed by atoms with Crippen molar-refractivity contribution in [1.29, 1.82) is 0 Å². The summed E-state index contributed by atoms with van der Waals surface area (Å²) in [6, 6.07) is 20.0. The van der Waals surface area contributed by atoms with E-state index < -0.39 is 0 Å². The number of H-pyrrole nitrogens is 1. The lowest BCUT2D eigenvalue weighted by Gasteiger charge is -2.21. The third kappa shape index (κ3) is 3.70. The number of amides is 1. The summed E-state index contributed by atoms with van der Waals surface area (Å²) in [6.07, 6.45) is 0.257. The van der Waals surface area contributed by atoms with Gasteiger partial charge in [-0.3, -0.25) is 14.5 Å². The van der Waals surface area contributed by atoms with Crippen molar-refractivity contribution >= 4 is 16.7 Å². The standard InChI is InChI=1S/C24H25N3O2/c28-23(11-21-10-18-8-4-5-9-22(18)24(29)25-21)27-15-19-13-26(14-20(19)16-27)12-17-6-2-1-3-7-17/h1-10,19-20H,11-16H2,(H,25,29)/t19-,20+. The molecule has 0 radical (unpaired) electrons. The van der Waals surface area contributed by atoms with Gasteiger partial charge in [0.1, 0.15) is 0 Å². The number of nitrogens with zero attached hydrogens (tertiary/aromatic N) is 2. The molecule has 29 heavy (non-hydrogen) atoms. The number of carbonyl (C=O) groups is 1. The Morgan fingerprint density at radius 1 is 0.931 bits per heavy atom. The number of carbonyl (C=O) groups excluding carboxylic acids is 1. The van der Waals surface area contributed by atoms with Crippen LogP contribution in [0.3, 0.4) is 0 Å². The van der Waals surface area contributed by atoms with Gasteiger partial charge in [-0.1, -0.05) is 48.5 Å². The summed E-state index contributed by atoms with van der Waals surface area (Å²) in [7, 11) is 0. The highest BCUT2D eigenvalue weighted by molar-refractivity contribution is 5.84. The molecule has 2 aliphatic heterocycles. The zero-order chi connectivity index (χ0) is 19.8. The van der Waals surface area contributed by atoms with Crippen LogP contribution in [0.25, 0.3) is 10.8 Å². The molecule has 0 saturated carbocycles. The minimum absolute atomic E-state index is 0.111. The maximum absolute atomic E-state index is 12.9. The number of hydrogen-bond acceptors (Lipinski definition) is 3. The van der Waals surface area contributed by atoms with E-state index in [0.717, 1.165) is 38.1 Å². The summed E-state index contributed by atoms with van der Waals surface area (Å²) in [5.41, 5.74) is 1.92. The van der Waals surface area contributed by atoms with Gasteiger partial charge in [-0.15, -0.1) is 0 Å². The van der Waals surface area contributed by atoms with Crippen LogP contribution in [0.2, 0.25) is 0 Å². The van der Waals surface area contributed by atoms with Crippen molar-refractivity contribution in [2.75, 3.05) is 26.2 Å². The Hall–Kier alpha value is -2.92. The number of likely N-dealkylation sites (tertiary alicyclic amines) is 2. The predicted molar refractivity (Wildman–Crippen MR) is 114 cm³/mol. The minimum atomic E-state index is -0.124. The fourth-order valence-electron chi connectivity index (χ4n) is 4.90. The van der Waals surface area contributed by atoms with Crippen molar-refractivity contribution in [2.45, 2.75) is 13.0 Å². The predicted octanol–water partition coefficient (Wildman–Crippen LogP) is 2.66. The molecule has 0 aliphatic carbocycles. The average molecular weight is 387 g/mol. The van der Waals surface area contributed by atoms with Gasteiger partial charge in [-0.2, -0.15) is 0 Å². The molecule has 2 aliphatic rings. The number of nitrogens with one attached hydrogen (secondary N) is 1. The van der Waals surface area contributed by atoms with Gasteiger partial charge < -0.3 is 9.88 Å². The third-order valence-corrected chi connectivity index (χ3v) is 6.31. The van der Waals surface area contributed by atoms with E-state index in [2.05, 4.69) is 40.2 Å². The summed E-state index contributed by atoms with van der Waals surface area (Å²) >= 11 is 0. The molecule has 2 saturated heterocycles. The van der Waals surface area contributed by atoms with E-state index in [-0.39, 0.29) is 17.9 Å². The van der Waals surface area contributed by atoms with Crippen LogP contribution >= 0.6 is 0 Å². The maximum Gasteiger partial charge on any atom is 0.256 e. The van der Waals surface area contributed by atoms with Gasteiger partial charge in [0.2, 0.25) is 5.91 Å². The van der Waals surface area contributed by atoms with Crippen LogP contribution in [-0.2, 0) is 17.8 Å². The topological polar surface area (TPSA) is 56.4 Å². The molecule has 2 atom stereocenters. The first-order chi connectivity index (χ1) is 14.2. The highest BCUT2D eigenvalue weighted by atomic mass is 16.2. The van der Waals surface area contributed by atoms with Gasteiger partial charge >= 0.3 is 0 Å². The molecule has 3 aromatic rings. The molecular formula is C24H25N3O2. The lowest BCUT2D eigenvalue weighted by atomic mass is 10.0. The second-order valence-corrected chi connectivity index (χ2v) is 8.39. The first-order valence-corrected chi connectivity index (χ1v) is 10.3. The van der Waals surface area contributed by atoms with E-state index in [1.54, 1.807) is 0 Å². The van der Waals surface area contributed by atoms with Crippen LogP contribution in [0.5, 0.6) is 0 Å². The number of fused-ring (bicyclic) bond motifs is 2. The summed E-state index contributed by atoms with van der Waals surface area (Å²) in [6.45, 7) is 4.74. The molecule has 5 rings (SSSR count). The molecule has 2 aromatic carbocycles. The minimum Gasteiger partial charge on any atom is -0.342 e. The summed E-state index contributed by atoms with van der Waals surface area (Å²) in [4.78, 5) is 32.5. The van der Waals surface area contributed by atoms with E-state index in [0.29, 0.717) is 22.9 Å². The van der Waals surface area contributed by atoms with Crippen molar-refractivity contribution in [3.05, 3.63) is 82.3 Å². The molecule has 2 fully saturated rings. The van der Waals surface area contributed by atoms with E-state index in [4.69, 9.17) is 0 Å². The molecule has 148 valence electrons. The lowest BCUT2D eigenvalue weighted by Crippen LogP contribution is -2.34. The first-order valence-electron chi connectivity index (χ1n) is 10.3. The van der Waals surface area contributed by atoms with E-state index in [9.17, 15) is 9.59 Å². The molecule has 5 heteroatoms. The summed E-state index contributed by atoms with van der Waals surface area (Å²) < 4.78 is 0. The number of hydrogen-bond donors (Lipinski definition) is 1. The Kier molecular flexibility index (Phi) is 4.68. The smallest absolute Gasteiger partial charge is 0.256 e. The van der Waals surface area contributed by atoms with Crippen molar-refractivity contribution in [1.82, 2.24) is 14.8 Å². The molecule has 1 N–H and O–H groups in total. The van der Waals surface area contributed by atoms with Crippen molar-refractivity contribution in [2.24, 2.45) is 11.8 Å². The van der Waals surface area contributed by atoms with E-state index in [1.807, 2.05) is 35.2 Å². The zero-order valence-corrected chi connectivity index (χ0v) is 16.4. The Morgan fingerprint density at radius 2 is 1.62 bits per heavy atom. The van der Waals surface area contributed by atoms with E-state index in [1.165, 1.54) is 5.56 Å². The third-order valence-electron chi connectivity index (χ3n) is 6.31. The monoisotopic (exact) mass is 387 g/mol. The zero-order valence-electron chi connectivity index (χ0n) is 16.4. The van der Waals surface area contributed by atoms with Crippen molar-refractivity contribution < 1.29 is 4.79 Å². The van der Waals surface area contributed by atoms with Crippen molar-refractivity contribution in [3.63, 3.8) is 0 Å². The van der Waals surface area contributed by atoms with Gasteiger partial charge in [0.05, 0.1) is 6.42 Å². The van der Waals surface area contributed by atoms with Crippen LogP contribution in [0.4, 0.5) is 0 Å². The van der Waals surface area contributed by atoms with Crippen LogP contribution in [-0.4, -0.2) is 46.9 Å². The number of benzene rings is 2. The highest BCUT2D eigenvalue weighted by Gasteiger charge is 2.41. The lowest BCUT2D eigenvalue weighted by molar-refractivity contribution is -0.129. The molecule has 3 heterocycles. The van der Waals surface area contributed by atoms with Crippen LogP contribution in [0.1, 0.15) is 11.3 Å². The van der Waals surface area contributed by atoms with Crippen molar-refractivity contribution in [3.8, 4) is 0 Å². The second kappa shape index (κ2) is 7.48. The molecular weight excluding hydrogens is 362 g/mol. The number of pyridine rings is 1. The Labute approximate surface area is 170 Å². The molecule has 0 spiro atoms. The van der Waals surface area contributed by atoms with Crippen LogP contribution in [0.15, 0.2) is 65.5 Å². The molecule has 1 aromatic heterocycles. The number of aromatic nitrogens is 1. The van der Waals surface area contributed by atoms with Gasteiger partial charge in [-0.25, -0.2) is 0 Å². The molecule has 5 nitrogen and oxygen atoms in total. The molecule has 0 bridgehead atoms. The van der Waals surface area contributed by atoms with E-state index >= 15 is 0 Å². The second-order valence-electron chi connectivity index (χ2n) is 8.39. The number of rotatable bonds is 4. The quantitative estimate of drug-likeness (QED) is 0.749. The Balaban J connectivity index is 1.21. The first kappa shape index (κ1) is 18.1. The summed E-state index contributed by atoms with van der Waals surface area (Å²) in [5, 5.41) is 1.55. The van der Waals surface area contributed by atoms with Gasteiger partial charge in [0.15, 0.2) is 0 Å².